The Morgan fingerprint density at radius 3 is 2.95 bits per heavy atom. The Balaban J connectivity index is 1.77. The van der Waals surface area contributed by atoms with Crippen molar-refractivity contribution < 1.29 is 9.90 Å². The lowest BCUT2D eigenvalue weighted by atomic mass is 9.90. The average Bonchev–Trinajstić information content (AvgIpc) is 3.09. The number of amides is 1. The van der Waals surface area contributed by atoms with Crippen LogP contribution in [0.5, 0.6) is 0 Å². The fourth-order valence-electron chi connectivity index (χ4n) is 1.89. The van der Waals surface area contributed by atoms with Crippen molar-refractivity contribution >= 4 is 5.91 Å². The van der Waals surface area contributed by atoms with Gasteiger partial charge in [-0.25, -0.2) is 4.68 Å². The molecular formula is C13H22N4O2. The topological polar surface area (TPSA) is 80.0 Å². The lowest BCUT2D eigenvalue weighted by molar-refractivity contribution is -0.122. The maximum Gasteiger partial charge on any atom is 0.241 e. The summed E-state index contributed by atoms with van der Waals surface area (Å²) in [5.41, 5.74) is 0.903. The van der Waals surface area contributed by atoms with E-state index in [9.17, 15) is 4.79 Å². The average molecular weight is 266 g/mol. The van der Waals surface area contributed by atoms with E-state index in [0.717, 1.165) is 5.69 Å². The summed E-state index contributed by atoms with van der Waals surface area (Å²) in [5.74, 6) is 0.485. The van der Waals surface area contributed by atoms with E-state index >= 15 is 0 Å². The highest BCUT2D eigenvalue weighted by Gasteiger charge is 2.26. The van der Waals surface area contributed by atoms with Crippen LogP contribution in [0.1, 0.15) is 44.7 Å². The molecular weight excluding hydrogens is 244 g/mol. The van der Waals surface area contributed by atoms with Gasteiger partial charge in [-0.05, 0) is 24.7 Å². The van der Waals surface area contributed by atoms with Crippen LogP contribution in [0.2, 0.25) is 0 Å². The molecule has 6 heteroatoms. The Bertz CT molecular complexity index is 438. The predicted molar refractivity (Wildman–Crippen MR) is 70.5 cm³/mol. The lowest BCUT2D eigenvalue weighted by Gasteiger charge is -2.23. The fraction of sp³-hybridized carbons (Fsp3) is 0.769. The van der Waals surface area contributed by atoms with Crippen LogP contribution >= 0.6 is 0 Å². The summed E-state index contributed by atoms with van der Waals surface area (Å²) < 4.78 is 1.59. The molecule has 0 bridgehead atoms. The Labute approximate surface area is 113 Å². The number of aromatic nitrogens is 3. The summed E-state index contributed by atoms with van der Waals surface area (Å²) in [6, 6.07) is 0. The van der Waals surface area contributed by atoms with Crippen molar-refractivity contribution in [1.29, 1.82) is 0 Å². The zero-order valence-electron chi connectivity index (χ0n) is 11.6. The number of hydrogen-bond acceptors (Lipinski definition) is 4. The Morgan fingerprint density at radius 2 is 2.32 bits per heavy atom. The van der Waals surface area contributed by atoms with Gasteiger partial charge in [-0.1, -0.05) is 19.1 Å². The van der Waals surface area contributed by atoms with Crippen LogP contribution in [0, 0.1) is 5.41 Å². The van der Waals surface area contributed by atoms with Crippen LogP contribution in [0.15, 0.2) is 6.20 Å². The Hall–Kier alpha value is -1.43. The van der Waals surface area contributed by atoms with E-state index in [1.165, 1.54) is 12.8 Å². The van der Waals surface area contributed by atoms with Crippen molar-refractivity contribution in [2.45, 2.75) is 45.6 Å². The molecule has 2 N–H and O–H groups in total. The minimum atomic E-state index is -0.0913. The van der Waals surface area contributed by atoms with Gasteiger partial charge in [0.1, 0.15) is 6.54 Å². The van der Waals surface area contributed by atoms with E-state index in [-0.39, 0.29) is 24.5 Å². The zero-order valence-corrected chi connectivity index (χ0v) is 11.6. The summed E-state index contributed by atoms with van der Waals surface area (Å²) >= 11 is 0. The molecule has 0 saturated heterocycles. The van der Waals surface area contributed by atoms with E-state index < -0.39 is 0 Å². The van der Waals surface area contributed by atoms with Gasteiger partial charge >= 0.3 is 0 Å². The third kappa shape index (κ3) is 4.31. The number of rotatable bonds is 7. The van der Waals surface area contributed by atoms with Gasteiger partial charge < -0.3 is 10.4 Å². The first-order valence-corrected chi connectivity index (χ1v) is 6.78. The smallest absolute Gasteiger partial charge is 0.241 e. The lowest BCUT2D eigenvalue weighted by Crippen LogP contribution is -2.36. The number of aliphatic hydroxyl groups is 1. The van der Waals surface area contributed by atoms with Gasteiger partial charge in [0.2, 0.25) is 5.91 Å². The quantitative estimate of drug-likeness (QED) is 0.760. The van der Waals surface area contributed by atoms with E-state index in [4.69, 9.17) is 5.11 Å². The molecule has 0 radical (unpaired) electrons. The van der Waals surface area contributed by atoms with Gasteiger partial charge in [0.05, 0.1) is 5.69 Å². The summed E-state index contributed by atoms with van der Waals surface area (Å²) in [5, 5.41) is 19.8. The molecule has 106 valence electrons. The molecule has 6 nitrogen and oxygen atoms in total. The number of nitrogens with zero attached hydrogens (tertiary/aromatic N) is 3. The van der Waals surface area contributed by atoms with Crippen molar-refractivity contribution in [3.05, 3.63) is 11.9 Å². The predicted octanol–water partition coefficient (Wildman–Crippen LogP) is 0.680. The first-order valence-electron chi connectivity index (χ1n) is 6.78. The van der Waals surface area contributed by atoms with Crippen molar-refractivity contribution in [3.8, 4) is 0 Å². The summed E-state index contributed by atoms with van der Waals surface area (Å²) in [4.78, 5) is 11.8. The summed E-state index contributed by atoms with van der Waals surface area (Å²) in [7, 11) is 0. The number of nitrogens with one attached hydrogen (secondary N) is 1. The molecule has 1 aromatic rings. The van der Waals surface area contributed by atoms with Crippen LogP contribution in [0.25, 0.3) is 0 Å². The highest BCUT2D eigenvalue weighted by Crippen LogP contribution is 2.38. The molecule has 0 aliphatic heterocycles. The third-order valence-corrected chi connectivity index (χ3v) is 3.41. The molecule has 1 aliphatic rings. The maximum atomic E-state index is 11.8. The second kappa shape index (κ2) is 5.69. The zero-order chi connectivity index (χ0) is 13.9. The van der Waals surface area contributed by atoms with Crippen molar-refractivity contribution in [2.24, 2.45) is 5.41 Å². The second-order valence-corrected chi connectivity index (χ2v) is 6.03. The Morgan fingerprint density at radius 1 is 1.58 bits per heavy atom. The summed E-state index contributed by atoms with van der Waals surface area (Å²) in [6.45, 7) is 4.93. The normalized spacial score (nSPS) is 15.5. The molecule has 1 aromatic heterocycles. The molecule has 1 fully saturated rings. The molecule has 1 heterocycles. The van der Waals surface area contributed by atoms with E-state index in [2.05, 4.69) is 15.6 Å². The fourth-order valence-corrected chi connectivity index (χ4v) is 1.89. The second-order valence-electron chi connectivity index (χ2n) is 6.03. The largest absolute Gasteiger partial charge is 0.396 e. The molecule has 0 atom stereocenters. The molecule has 1 saturated carbocycles. The van der Waals surface area contributed by atoms with Crippen LogP contribution in [-0.2, 0) is 11.3 Å². The van der Waals surface area contributed by atoms with Crippen LogP contribution in [0.4, 0.5) is 0 Å². The van der Waals surface area contributed by atoms with Gasteiger partial charge in [0.25, 0.3) is 0 Å². The van der Waals surface area contributed by atoms with E-state index in [1.807, 2.05) is 20.0 Å². The molecule has 1 aliphatic carbocycles. The molecule has 19 heavy (non-hydrogen) atoms. The van der Waals surface area contributed by atoms with Crippen molar-refractivity contribution in [1.82, 2.24) is 20.3 Å². The third-order valence-electron chi connectivity index (χ3n) is 3.41. The van der Waals surface area contributed by atoms with Crippen LogP contribution < -0.4 is 5.32 Å². The van der Waals surface area contributed by atoms with Gasteiger partial charge in [-0.3, -0.25) is 4.79 Å². The van der Waals surface area contributed by atoms with Gasteiger partial charge in [0.15, 0.2) is 0 Å². The standard InChI is InChI=1S/C13H22N4O2/c1-13(2,5-6-18)9-14-12(19)8-17-7-11(15-16-17)10-3-4-10/h7,10,18H,3-6,8-9H2,1-2H3,(H,14,19). The number of hydrogen-bond donors (Lipinski definition) is 2. The SMILES string of the molecule is CC(C)(CCO)CNC(=O)Cn1cc(C2CC2)nn1. The van der Waals surface area contributed by atoms with Gasteiger partial charge in [0, 0.05) is 25.3 Å². The number of carbonyl (C=O) groups is 1. The number of carbonyl (C=O) groups excluding carboxylic acids is 1. The highest BCUT2D eigenvalue weighted by molar-refractivity contribution is 5.75. The van der Waals surface area contributed by atoms with E-state index in [0.29, 0.717) is 18.9 Å². The highest BCUT2D eigenvalue weighted by atomic mass is 16.3. The first-order chi connectivity index (χ1) is 9.00. The minimum absolute atomic E-state index is 0.0711. The molecule has 0 aromatic carbocycles. The molecule has 0 spiro atoms. The van der Waals surface area contributed by atoms with Gasteiger partial charge in [-0.2, -0.15) is 0 Å². The van der Waals surface area contributed by atoms with Crippen molar-refractivity contribution in [3.63, 3.8) is 0 Å². The van der Waals surface area contributed by atoms with Gasteiger partial charge in [-0.15, -0.1) is 5.10 Å². The van der Waals surface area contributed by atoms with Crippen molar-refractivity contribution in [2.75, 3.05) is 13.2 Å². The van der Waals surface area contributed by atoms with E-state index in [1.54, 1.807) is 4.68 Å². The Kier molecular flexibility index (Phi) is 4.19. The molecule has 2 rings (SSSR count). The molecule has 0 unspecified atom stereocenters. The maximum absolute atomic E-state index is 11.8. The monoisotopic (exact) mass is 266 g/mol. The van der Waals surface area contributed by atoms with Crippen LogP contribution in [-0.4, -0.2) is 39.2 Å². The van der Waals surface area contributed by atoms with Crippen LogP contribution in [0.3, 0.4) is 0 Å². The summed E-state index contributed by atoms with van der Waals surface area (Å²) in [6.07, 6.45) is 4.89. The number of aliphatic hydroxyl groups excluding tert-OH is 1. The first kappa shape index (κ1) is 14.0. The molecule has 1 amide bonds. The minimum Gasteiger partial charge on any atom is -0.396 e.